The molecular weight excluding hydrogens is 169 g/mol. The van der Waals surface area contributed by atoms with E-state index in [4.69, 9.17) is 9.88 Å². The summed E-state index contributed by atoms with van der Waals surface area (Å²) in [4.78, 5) is 0. The van der Waals surface area contributed by atoms with Crippen LogP contribution in [-0.2, 0) is 15.7 Å². The summed E-state index contributed by atoms with van der Waals surface area (Å²) in [6.45, 7) is 0.821. The Morgan fingerprint density at radius 2 is 2.09 bits per heavy atom. The lowest BCUT2D eigenvalue weighted by atomic mass is 9.99. The highest BCUT2D eigenvalue weighted by molar-refractivity contribution is 7.82. The molecule has 1 aliphatic heterocycles. The smallest absolute Gasteiger partial charge is 0.128 e. The van der Waals surface area contributed by atoms with Crippen molar-refractivity contribution in [2.24, 2.45) is 5.14 Å². The first-order valence-corrected chi connectivity index (χ1v) is 4.90. The van der Waals surface area contributed by atoms with Crippen LogP contribution in [0.25, 0.3) is 0 Å². The topological polar surface area (TPSA) is 52.3 Å². The van der Waals surface area contributed by atoms with E-state index in [2.05, 4.69) is 0 Å². The first-order valence-electron chi connectivity index (χ1n) is 3.52. The van der Waals surface area contributed by atoms with Crippen LogP contribution in [0.2, 0.25) is 0 Å². The maximum absolute atomic E-state index is 13.5. The minimum absolute atomic E-state index is 0.0592. The summed E-state index contributed by atoms with van der Waals surface area (Å²) >= 11 is 0. The van der Waals surface area contributed by atoms with Gasteiger partial charge in [0.05, 0.1) is 16.7 Å². The molecule has 1 atom stereocenters. The predicted molar refractivity (Wildman–Crippen MR) is 41.1 cm³/mol. The van der Waals surface area contributed by atoms with Crippen molar-refractivity contribution < 1.29 is 13.3 Å². The molecule has 1 fully saturated rings. The highest BCUT2D eigenvalue weighted by atomic mass is 32.2. The number of hydrogen-bond donors (Lipinski definition) is 1. The molecular formula is C6H12FNO2S. The third kappa shape index (κ3) is 2.84. The monoisotopic (exact) mass is 181 g/mol. The van der Waals surface area contributed by atoms with Gasteiger partial charge >= 0.3 is 0 Å². The highest BCUT2D eigenvalue weighted by Crippen LogP contribution is 2.25. The summed E-state index contributed by atoms with van der Waals surface area (Å²) in [7, 11) is -1.53. The molecule has 0 saturated carbocycles. The Labute approximate surface area is 67.7 Å². The van der Waals surface area contributed by atoms with Gasteiger partial charge in [0, 0.05) is 26.1 Å². The second kappa shape index (κ2) is 3.60. The second-order valence-electron chi connectivity index (χ2n) is 2.79. The van der Waals surface area contributed by atoms with E-state index in [0.717, 1.165) is 0 Å². The molecule has 1 heterocycles. The van der Waals surface area contributed by atoms with Gasteiger partial charge in [-0.15, -0.1) is 0 Å². The molecule has 66 valence electrons. The molecule has 5 heteroatoms. The maximum atomic E-state index is 13.5. The molecule has 0 bridgehead atoms. The summed E-state index contributed by atoms with van der Waals surface area (Å²) in [5.41, 5.74) is -1.35. The van der Waals surface area contributed by atoms with Crippen molar-refractivity contribution in [3.8, 4) is 0 Å². The lowest BCUT2D eigenvalue weighted by Gasteiger charge is -2.28. The van der Waals surface area contributed by atoms with Gasteiger partial charge in [0.1, 0.15) is 5.67 Å². The Kier molecular flexibility index (Phi) is 2.98. The lowest BCUT2D eigenvalue weighted by molar-refractivity contribution is 0.00420. The van der Waals surface area contributed by atoms with Gasteiger partial charge < -0.3 is 4.74 Å². The van der Waals surface area contributed by atoms with Crippen molar-refractivity contribution >= 4 is 11.0 Å². The molecule has 1 rings (SSSR count). The highest BCUT2D eigenvalue weighted by Gasteiger charge is 2.33. The van der Waals surface area contributed by atoms with Crippen LogP contribution in [-0.4, -0.2) is 28.8 Å². The third-order valence-corrected chi connectivity index (χ3v) is 2.59. The zero-order valence-electron chi connectivity index (χ0n) is 6.22. The molecule has 2 N–H and O–H groups in total. The molecule has 0 spiro atoms. The Morgan fingerprint density at radius 3 is 2.55 bits per heavy atom. The maximum Gasteiger partial charge on any atom is 0.128 e. The van der Waals surface area contributed by atoms with Gasteiger partial charge in [-0.1, -0.05) is 0 Å². The van der Waals surface area contributed by atoms with E-state index in [-0.39, 0.29) is 5.75 Å². The van der Waals surface area contributed by atoms with E-state index >= 15 is 0 Å². The van der Waals surface area contributed by atoms with Gasteiger partial charge in [0.25, 0.3) is 0 Å². The van der Waals surface area contributed by atoms with Gasteiger partial charge in [0.2, 0.25) is 0 Å². The van der Waals surface area contributed by atoms with Crippen LogP contribution in [0.5, 0.6) is 0 Å². The largest absolute Gasteiger partial charge is 0.381 e. The fourth-order valence-corrected chi connectivity index (χ4v) is 1.94. The van der Waals surface area contributed by atoms with Crippen molar-refractivity contribution in [2.75, 3.05) is 19.0 Å². The summed E-state index contributed by atoms with van der Waals surface area (Å²) in [5.74, 6) is -0.0592. The minimum atomic E-state index is -1.53. The normalized spacial score (nSPS) is 26.4. The molecule has 0 aliphatic carbocycles. The standard InChI is InChI=1S/C6H12FNO2S/c7-6(5-11(8)9)1-3-10-4-2-6/h1-5,8H2. The van der Waals surface area contributed by atoms with Gasteiger partial charge in [-0.25, -0.2) is 8.60 Å². The van der Waals surface area contributed by atoms with Crippen LogP contribution >= 0.6 is 0 Å². The van der Waals surface area contributed by atoms with Crippen molar-refractivity contribution in [3.63, 3.8) is 0 Å². The summed E-state index contributed by atoms with van der Waals surface area (Å²) in [6, 6.07) is 0. The van der Waals surface area contributed by atoms with E-state index in [9.17, 15) is 8.60 Å². The molecule has 1 aliphatic rings. The lowest BCUT2D eigenvalue weighted by Crippen LogP contribution is -2.38. The van der Waals surface area contributed by atoms with E-state index in [1.165, 1.54) is 0 Å². The number of ether oxygens (including phenoxy) is 1. The molecule has 11 heavy (non-hydrogen) atoms. The molecule has 0 aromatic rings. The van der Waals surface area contributed by atoms with Crippen LogP contribution in [0.1, 0.15) is 12.8 Å². The van der Waals surface area contributed by atoms with Crippen molar-refractivity contribution in [1.82, 2.24) is 0 Å². The zero-order chi connectivity index (χ0) is 8.32. The fraction of sp³-hybridized carbons (Fsp3) is 1.00. The fourth-order valence-electron chi connectivity index (χ4n) is 1.14. The molecule has 1 unspecified atom stereocenters. The zero-order valence-corrected chi connectivity index (χ0v) is 7.03. The Bertz CT molecular complexity index is 159. The third-order valence-electron chi connectivity index (χ3n) is 1.79. The summed E-state index contributed by atoms with van der Waals surface area (Å²) < 4.78 is 29.0. The van der Waals surface area contributed by atoms with Gasteiger partial charge in [-0.05, 0) is 0 Å². The van der Waals surface area contributed by atoms with Crippen LogP contribution < -0.4 is 5.14 Å². The van der Waals surface area contributed by atoms with Gasteiger partial charge in [0.15, 0.2) is 0 Å². The van der Waals surface area contributed by atoms with E-state index in [1.54, 1.807) is 0 Å². The van der Waals surface area contributed by atoms with Crippen LogP contribution in [0.3, 0.4) is 0 Å². The predicted octanol–water partition coefficient (Wildman–Crippen LogP) is 0.127. The van der Waals surface area contributed by atoms with E-state index in [0.29, 0.717) is 26.1 Å². The number of hydrogen-bond acceptors (Lipinski definition) is 2. The quantitative estimate of drug-likeness (QED) is 0.658. The molecule has 1 saturated heterocycles. The number of alkyl halides is 1. The number of rotatable bonds is 2. The molecule has 3 nitrogen and oxygen atoms in total. The van der Waals surface area contributed by atoms with Gasteiger partial charge in [-0.2, -0.15) is 0 Å². The Morgan fingerprint density at radius 1 is 1.55 bits per heavy atom. The second-order valence-corrected chi connectivity index (χ2v) is 3.84. The van der Waals surface area contributed by atoms with Crippen LogP contribution in [0.4, 0.5) is 4.39 Å². The SMILES string of the molecule is NS(=O)CC1(F)CCOCC1. The first kappa shape index (κ1) is 9.09. The number of nitrogens with two attached hydrogens (primary N) is 1. The molecule has 0 aromatic carbocycles. The Hall–Kier alpha value is -0.0000000000000000208. The molecule has 0 radical (unpaired) electrons. The minimum Gasteiger partial charge on any atom is -0.381 e. The van der Waals surface area contributed by atoms with Crippen LogP contribution in [0, 0.1) is 0 Å². The van der Waals surface area contributed by atoms with Gasteiger partial charge in [-0.3, -0.25) is 5.14 Å². The molecule has 0 amide bonds. The van der Waals surface area contributed by atoms with Crippen LogP contribution in [0.15, 0.2) is 0 Å². The first-order chi connectivity index (χ1) is 5.12. The average Bonchev–Trinajstić information content (AvgIpc) is 1.85. The Balaban J connectivity index is 2.43. The molecule has 0 aromatic heterocycles. The average molecular weight is 181 g/mol. The van der Waals surface area contributed by atoms with Crippen molar-refractivity contribution in [1.29, 1.82) is 0 Å². The van der Waals surface area contributed by atoms with Crippen molar-refractivity contribution in [3.05, 3.63) is 0 Å². The van der Waals surface area contributed by atoms with E-state index in [1.807, 2.05) is 0 Å². The van der Waals surface area contributed by atoms with E-state index < -0.39 is 16.7 Å². The summed E-state index contributed by atoms with van der Waals surface area (Å²) in [6.07, 6.45) is 0.631. The van der Waals surface area contributed by atoms with Crippen molar-refractivity contribution in [2.45, 2.75) is 18.5 Å². The summed E-state index contributed by atoms with van der Waals surface area (Å²) in [5, 5.41) is 5.00. The number of halogens is 1.